The molecule has 0 radical (unpaired) electrons. The van der Waals surface area contributed by atoms with Crippen LogP contribution >= 0.6 is 0 Å². The standard InChI is InChI=1S/C11H18N4/c1-7-3-4-9(8(7)2)15-11-6-13-10(12)5-14-11/h5-9H,3-4H2,1-2H3,(H2,12,13)(H,14,15). The molecule has 3 unspecified atom stereocenters. The third-order valence-corrected chi connectivity index (χ3v) is 3.47. The lowest BCUT2D eigenvalue weighted by Crippen LogP contribution is -2.24. The Hall–Kier alpha value is -1.32. The van der Waals surface area contributed by atoms with Gasteiger partial charge in [0.2, 0.25) is 0 Å². The van der Waals surface area contributed by atoms with Crippen molar-refractivity contribution in [2.45, 2.75) is 32.7 Å². The summed E-state index contributed by atoms with van der Waals surface area (Å²) >= 11 is 0. The minimum Gasteiger partial charge on any atom is -0.382 e. The Bertz CT molecular complexity index is 322. The molecule has 0 aliphatic heterocycles. The third-order valence-electron chi connectivity index (χ3n) is 3.47. The van der Waals surface area contributed by atoms with E-state index in [0.29, 0.717) is 17.8 Å². The first-order valence-electron chi connectivity index (χ1n) is 5.51. The molecule has 0 spiro atoms. The number of anilines is 2. The first-order chi connectivity index (χ1) is 7.16. The van der Waals surface area contributed by atoms with Crippen LogP contribution in [0, 0.1) is 11.8 Å². The van der Waals surface area contributed by atoms with E-state index in [2.05, 4.69) is 29.1 Å². The Kier molecular flexibility index (Phi) is 2.75. The van der Waals surface area contributed by atoms with Gasteiger partial charge in [-0.3, -0.25) is 0 Å². The van der Waals surface area contributed by atoms with Crippen molar-refractivity contribution in [3.05, 3.63) is 12.4 Å². The van der Waals surface area contributed by atoms with Crippen molar-refractivity contribution < 1.29 is 0 Å². The summed E-state index contributed by atoms with van der Waals surface area (Å²) in [6, 6.07) is 0.526. The highest BCUT2D eigenvalue weighted by Gasteiger charge is 2.29. The maximum Gasteiger partial charge on any atom is 0.144 e. The van der Waals surface area contributed by atoms with Crippen molar-refractivity contribution in [3.8, 4) is 0 Å². The molecule has 1 fully saturated rings. The summed E-state index contributed by atoms with van der Waals surface area (Å²) in [6.07, 6.45) is 5.80. The molecule has 2 rings (SSSR count). The molecule has 4 heteroatoms. The summed E-state index contributed by atoms with van der Waals surface area (Å²) in [5.74, 6) is 2.79. The minimum absolute atomic E-state index is 0.466. The van der Waals surface area contributed by atoms with Gasteiger partial charge in [-0.1, -0.05) is 13.8 Å². The number of hydrogen-bond acceptors (Lipinski definition) is 4. The average molecular weight is 206 g/mol. The van der Waals surface area contributed by atoms with Gasteiger partial charge in [0.25, 0.3) is 0 Å². The smallest absolute Gasteiger partial charge is 0.144 e. The van der Waals surface area contributed by atoms with E-state index in [-0.39, 0.29) is 0 Å². The summed E-state index contributed by atoms with van der Waals surface area (Å²) in [6.45, 7) is 4.60. The molecule has 0 bridgehead atoms. The van der Waals surface area contributed by atoms with E-state index in [1.54, 1.807) is 12.4 Å². The van der Waals surface area contributed by atoms with E-state index < -0.39 is 0 Å². The van der Waals surface area contributed by atoms with Crippen molar-refractivity contribution in [3.63, 3.8) is 0 Å². The Morgan fingerprint density at radius 1 is 1.27 bits per heavy atom. The second-order valence-electron chi connectivity index (χ2n) is 4.49. The van der Waals surface area contributed by atoms with Gasteiger partial charge in [-0.05, 0) is 24.7 Å². The molecule has 0 saturated heterocycles. The quantitative estimate of drug-likeness (QED) is 0.775. The van der Waals surface area contributed by atoms with Gasteiger partial charge in [-0.25, -0.2) is 9.97 Å². The van der Waals surface area contributed by atoms with Gasteiger partial charge in [-0.2, -0.15) is 0 Å². The molecule has 82 valence electrons. The van der Waals surface area contributed by atoms with Crippen LogP contribution in [0.1, 0.15) is 26.7 Å². The predicted octanol–water partition coefficient (Wildman–Crippen LogP) is 1.91. The van der Waals surface area contributed by atoms with E-state index in [1.165, 1.54) is 12.8 Å². The Balaban J connectivity index is 2.00. The van der Waals surface area contributed by atoms with E-state index in [9.17, 15) is 0 Å². The van der Waals surface area contributed by atoms with E-state index in [4.69, 9.17) is 5.73 Å². The molecule has 15 heavy (non-hydrogen) atoms. The van der Waals surface area contributed by atoms with E-state index in [1.807, 2.05) is 0 Å². The highest BCUT2D eigenvalue weighted by atomic mass is 15.0. The first kappa shape index (κ1) is 10.2. The van der Waals surface area contributed by atoms with Gasteiger partial charge in [0, 0.05) is 6.04 Å². The molecule has 1 aromatic heterocycles. The van der Waals surface area contributed by atoms with Gasteiger partial charge in [0.1, 0.15) is 11.6 Å². The SMILES string of the molecule is CC1CCC(Nc2cnc(N)cn2)C1C. The summed E-state index contributed by atoms with van der Waals surface area (Å²) in [4.78, 5) is 8.22. The maximum absolute atomic E-state index is 5.48. The predicted molar refractivity (Wildman–Crippen MR) is 61.4 cm³/mol. The van der Waals surface area contributed by atoms with Gasteiger partial charge in [-0.15, -0.1) is 0 Å². The van der Waals surface area contributed by atoms with Crippen LogP contribution in [0.5, 0.6) is 0 Å². The molecule has 1 aliphatic carbocycles. The molecule has 1 heterocycles. The van der Waals surface area contributed by atoms with Gasteiger partial charge >= 0.3 is 0 Å². The second-order valence-corrected chi connectivity index (χ2v) is 4.49. The average Bonchev–Trinajstić information content (AvgIpc) is 2.53. The maximum atomic E-state index is 5.48. The normalized spacial score (nSPS) is 30.4. The summed E-state index contributed by atoms with van der Waals surface area (Å²) in [5.41, 5.74) is 5.48. The lowest BCUT2D eigenvalue weighted by atomic mass is 9.98. The largest absolute Gasteiger partial charge is 0.382 e. The first-order valence-corrected chi connectivity index (χ1v) is 5.51. The fourth-order valence-corrected chi connectivity index (χ4v) is 2.17. The molecule has 0 amide bonds. The minimum atomic E-state index is 0.466. The zero-order valence-corrected chi connectivity index (χ0v) is 9.27. The topological polar surface area (TPSA) is 63.8 Å². The van der Waals surface area contributed by atoms with Crippen LogP contribution in [0.15, 0.2) is 12.4 Å². The summed E-state index contributed by atoms with van der Waals surface area (Å²) < 4.78 is 0. The Morgan fingerprint density at radius 3 is 2.60 bits per heavy atom. The molecule has 4 nitrogen and oxygen atoms in total. The highest BCUT2D eigenvalue weighted by molar-refractivity contribution is 5.37. The monoisotopic (exact) mass is 206 g/mol. The fraction of sp³-hybridized carbons (Fsp3) is 0.636. The lowest BCUT2D eigenvalue weighted by Gasteiger charge is -2.19. The van der Waals surface area contributed by atoms with Gasteiger partial charge in [0.15, 0.2) is 0 Å². The van der Waals surface area contributed by atoms with Crippen LogP contribution < -0.4 is 11.1 Å². The second kappa shape index (κ2) is 4.04. The van der Waals surface area contributed by atoms with E-state index in [0.717, 1.165) is 11.7 Å². The van der Waals surface area contributed by atoms with Crippen molar-refractivity contribution in [2.75, 3.05) is 11.1 Å². The number of nitrogens with one attached hydrogen (secondary N) is 1. The van der Waals surface area contributed by atoms with Crippen LogP contribution in [-0.2, 0) is 0 Å². The number of nitrogens with two attached hydrogens (primary N) is 1. The van der Waals surface area contributed by atoms with Crippen LogP contribution in [0.3, 0.4) is 0 Å². The summed E-state index contributed by atoms with van der Waals surface area (Å²) in [5, 5.41) is 3.42. The number of hydrogen-bond donors (Lipinski definition) is 2. The Morgan fingerprint density at radius 2 is 2.07 bits per heavy atom. The molecular weight excluding hydrogens is 188 g/mol. The van der Waals surface area contributed by atoms with Crippen molar-refractivity contribution in [1.29, 1.82) is 0 Å². The molecule has 0 aromatic carbocycles. The molecule has 1 aliphatic rings. The van der Waals surface area contributed by atoms with Crippen LogP contribution in [0.2, 0.25) is 0 Å². The van der Waals surface area contributed by atoms with Crippen LogP contribution in [0.4, 0.5) is 11.6 Å². The van der Waals surface area contributed by atoms with Gasteiger partial charge in [0.05, 0.1) is 12.4 Å². The van der Waals surface area contributed by atoms with Crippen LogP contribution in [-0.4, -0.2) is 16.0 Å². The number of rotatable bonds is 2. The van der Waals surface area contributed by atoms with Crippen molar-refractivity contribution >= 4 is 11.6 Å². The molecule has 1 aromatic rings. The third kappa shape index (κ3) is 2.19. The molecule has 3 atom stereocenters. The zero-order chi connectivity index (χ0) is 10.8. The number of aromatic nitrogens is 2. The number of nitrogens with zero attached hydrogens (tertiary/aromatic N) is 2. The van der Waals surface area contributed by atoms with Crippen molar-refractivity contribution in [2.24, 2.45) is 11.8 Å². The fourth-order valence-electron chi connectivity index (χ4n) is 2.17. The summed E-state index contributed by atoms with van der Waals surface area (Å²) in [7, 11) is 0. The van der Waals surface area contributed by atoms with Crippen molar-refractivity contribution in [1.82, 2.24) is 9.97 Å². The van der Waals surface area contributed by atoms with E-state index >= 15 is 0 Å². The van der Waals surface area contributed by atoms with Gasteiger partial charge < -0.3 is 11.1 Å². The number of nitrogen functional groups attached to an aromatic ring is 1. The van der Waals surface area contributed by atoms with Crippen LogP contribution in [0.25, 0.3) is 0 Å². The molecule has 1 saturated carbocycles. The lowest BCUT2D eigenvalue weighted by molar-refractivity contribution is 0.435. The zero-order valence-electron chi connectivity index (χ0n) is 9.27. The molecule has 3 N–H and O–H groups in total. The molecular formula is C11H18N4. The highest BCUT2D eigenvalue weighted by Crippen LogP contribution is 2.32. The Labute approximate surface area is 90.3 Å².